The van der Waals surface area contributed by atoms with E-state index in [1.807, 2.05) is 23.0 Å². The Hall–Kier alpha value is -1.29. The van der Waals surface area contributed by atoms with Gasteiger partial charge in [-0.25, -0.2) is 0 Å². The molecule has 0 fully saturated rings. The average Bonchev–Trinajstić information content (AvgIpc) is 2.49. The molecule has 0 saturated carbocycles. The van der Waals surface area contributed by atoms with Gasteiger partial charge in [-0.3, -0.25) is 4.68 Å². The van der Waals surface area contributed by atoms with Crippen LogP contribution in [0.15, 0.2) is 30.8 Å². The number of aromatic nitrogens is 2. The fraction of sp³-hybridized carbons (Fsp3) is 0.444. The molecule has 13 heavy (non-hydrogen) atoms. The molecule has 0 radical (unpaired) electrons. The molecule has 70 valence electrons. The molecule has 0 spiro atoms. The second kappa shape index (κ2) is 4.09. The van der Waals surface area contributed by atoms with Gasteiger partial charge in [-0.15, -0.1) is 0 Å². The number of ether oxygens (including phenoxy) is 2. The normalized spacial score (nSPS) is 22.3. The van der Waals surface area contributed by atoms with Gasteiger partial charge in [-0.1, -0.05) is 0 Å². The molecule has 1 unspecified atom stereocenters. The monoisotopic (exact) mass is 180 g/mol. The Labute approximate surface area is 76.8 Å². The van der Waals surface area contributed by atoms with Gasteiger partial charge < -0.3 is 9.47 Å². The molecule has 1 aromatic rings. The van der Waals surface area contributed by atoms with Gasteiger partial charge in [-0.2, -0.15) is 5.10 Å². The van der Waals surface area contributed by atoms with Gasteiger partial charge in [0.15, 0.2) is 0 Å². The molecule has 0 N–H and O–H groups in total. The van der Waals surface area contributed by atoms with Crippen molar-refractivity contribution in [3.05, 3.63) is 30.8 Å². The van der Waals surface area contributed by atoms with Crippen molar-refractivity contribution < 1.29 is 9.47 Å². The summed E-state index contributed by atoms with van der Waals surface area (Å²) in [5.74, 6) is 0. The molecule has 0 bridgehead atoms. The third-order valence-corrected chi connectivity index (χ3v) is 1.83. The van der Waals surface area contributed by atoms with E-state index in [1.165, 1.54) is 0 Å². The summed E-state index contributed by atoms with van der Waals surface area (Å²) in [5, 5.41) is 4.10. The molecule has 1 aliphatic rings. The topological polar surface area (TPSA) is 36.3 Å². The number of nitrogens with zero attached hydrogens (tertiary/aromatic N) is 2. The van der Waals surface area contributed by atoms with Crippen LogP contribution in [0.5, 0.6) is 0 Å². The second-order valence-electron chi connectivity index (χ2n) is 2.90. The minimum Gasteiger partial charge on any atom is -0.494 e. The second-order valence-corrected chi connectivity index (χ2v) is 2.90. The van der Waals surface area contributed by atoms with Crippen molar-refractivity contribution >= 4 is 0 Å². The lowest BCUT2D eigenvalue weighted by Crippen LogP contribution is -2.23. The van der Waals surface area contributed by atoms with E-state index in [4.69, 9.17) is 9.47 Å². The van der Waals surface area contributed by atoms with Crippen molar-refractivity contribution in [1.82, 2.24) is 9.78 Å². The highest BCUT2D eigenvalue weighted by Crippen LogP contribution is 2.02. The first-order chi connectivity index (χ1) is 6.45. The minimum atomic E-state index is 0.0682. The van der Waals surface area contributed by atoms with E-state index in [9.17, 15) is 0 Å². The van der Waals surface area contributed by atoms with Crippen molar-refractivity contribution in [3.8, 4) is 0 Å². The van der Waals surface area contributed by atoms with Gasteiger partial charge in [0.1, 0.15) is 6.10 Å². The first kappa shape index (κ1) is 8.31. The smallest absolute Gasteiger partial charge is 0.140 e. The van der Waals surface area contributed by atoms with Crippen LogP contribution >= 0.6 is 0 Å². The van der Waals surface area contributed by atoms with Gasteiger partial charge in [0, 0.05) is 12.4 Å². The van der Waals surface area contributed by atoms with Crippen LogP contribution in [0.25, 0.3) is 0 Å². The fourth-order valence-corrected chi connectivity index (χ4v) is 1.23. The molecule has 4 heteroatoms. The van der Waals surface area contributed by atoms with Crippen molar-refractivity contribution in [2.45, 2.75) is 12.6 Å². The first-order valence-corrected chi connectivity index (χ1v) is 4.31. The third-order valence-electron chi connectivity index (χ3n) is 1.83. The summed E-state index contributed by atoms with van der Waals surface area (Å²) in [6.45, 7) is 1.99. The summed E-state index contributed by atoms with van der Waals surface area (Å²) in [6, 6.07) is 1.90. The van der Waals surface area contributed by atoms with Gasteiger partial charge in [-0.05, 0) is 12.1 Å². The molecule has 0 aliphatic carbocycles. The molecule has 0 saturated heterocycles. The predicted octanol–water partition coefficient (Wildman–Crippen LogP) is 0.812. The van der Waals surface area contributed by atoms with Crippen molar-refractivity contribution in [1.29, 1.82) is 0 Å². The summed E-state index contributed by atoms with van der Waals surface area (Å²) in [4.78, 5) is 0. The van der Waals surface area contributed by atoms with Crippen molar-refractivity contribution in [2.24, 2.45) is 0 Å². The van der Waals surface area contributed by atoms with E-state index in [-0.39, 0.29) is 6.10 Å². The maximum Gasteiger partial charge on any atom is 0.140 e. The maximum absolute atomic E-state index is 5.41. The molecular weight excluding hydrogens is 168 g/mol. The molecular formula is C9H12N2O2. The summed E-state index contributed by atoms with van der Waals surface area (Å²) >= 11 is 0. The Morgan fingerprint density at radius 3 is 3.38 bits per heavy atom. The Balaban J connectivity index is 1.90. The number of hydrogen-bond acceptors (Lipinski definition) is 3. The quantitative estimate of drug-likeness (QED) is 0.675. The van der Waals surface area contributed by atoms with Crippen LogP contribution < -0.4 is 0 Å². The van der Waals surface area contributed by atoms with Gasteiger partial charge >= 0.3 is 0 Å². The molecule has 2 rings (SSSR count). The standard InChI is InChI=1S/C9H12N2O2/c1-3-10-11(4-1)7-9-8-12-5-2-6-13-9/h1-4,6,9H,5,7-8H2. The van der Waals surface area contributed by atoms with Crippen LogP contribution in [0, 0.1) is 0 Å². The molecule has 4 nitrogen and oxygen atoms in total. The van der Waals surface area contributed by atoms with E-state index in [2.05, 4.69) is 5.10 Å². The highest BCUT2D eigenvalue weighted by Gasteiger charge is 2.11. The molecule has 1 aliphatic heterocycles. The van der Waals surface area contributed by atoms with Crippen molar-refractivity contribution in [2.75, 3.05) is 13.2 Å². The highest BCUT2D eigenvalue weighted by atomic mass is 16.5. The Morgan fingerprint density at radius 2 is 2.54 bits per heavy atom. The van der Waals surface area contributed by atoms with E-state index < -0.39 is 0 Å². The van der Waals surface area contributed by atoms with Crippen molar-refractivity contribution in [3.63, 3.8) is 0 Å². The van der Waals surface area contributed by atoms with E-state index in [0.29, 0.717) is 13.2 Å². The Bertz CT molecular complexity index is 269. The van der Waals surface area contributed by atoms with Crippen LogP contribution in [-0.4, -0.2) is 29.1 Å². The Kier molecular flexibility index (Phi) is 2.62. The summed E-state index contributed by atoms with van der Waals surface area (Å²) < 4.78 is 12.6. The molecule has 0 amide bonds. The SMILES string of the molecule is C1=COC(Cn2cccn2)COC1. The lowest BCUT2D eigenvalue weighted by molar-refractivity contribution is 0.0410. The van der Waals surface area contributed by atoms with Gasteiger partial charge in [0.25, 0.3) is 0 Å². The fourth-order valence-electron chi connectivity index (χ4n) is 1.23. The molecule has 0 aromatic carbocycles. The minimum absolute atomic E-state index is 0.0682. The predicted molar refractivity (Wildman–Crippen MR) is 47.1 cm³/mol. The van der Waals surface area contributed by atoms with Crippen LogP contribution in [0.4, 0.5) is 0 Å². The van der Waals surface area contributed by atoms with Crippen LogP contribution in [0.3, 0.4) is 0 Å². The summed E-state index contributed by atoms with van der Waals surface area (Å²) in [7, 11) is 0. The zero-order chi connectivity index (χ0) is 8.93. The van der Waals surface area contributed by atoms with Gasteiger partial charge in [0.2, 0.25) is 0 Å². The number of hydrogen-bond donors (Lipinski definition) is 0. The van der Waals surface area contributed by atoms with Crippen LogP contribution in [0.2, 0.25) is 0 Å². The number of rotatable bonds is 2. The first-order valence-electron chi connectivity index (χ1n) is 4.31. The highest BCUT2D eigenvalue weighted by molar-refractivity contribution is 4.81. The van der Waals surface area contributed by atoms with Crippen LogP contribution in [-0.2, 0) is 16.0 Å². The maximum atomic E-state index is 5.41. The van der Waals surface area contributed by atoms with E-state index >= 15 is 0 Å². The van der Waals surface area contributed by atoms with E-state index in [0.717, 1.165) is 6.54 Å². The zero-order valence-corrected chi connectivity index (χ0v) is 7.30. The Morgan fingerprint density at radius 1 is 1.54 bits per heavy atom. The molecule has 1 aromatic heterocycles. The average molecular weight is 180 g/mol. The molecule has 2 heterocycles. The third kappa shape index (κ3) is 2.32. The summed E-state index contributed by atoms with van der Waals surface area (Å²) in [5.41, 5.74) is 0. The van der Waals surface area contributed by atoms with Crippen LogP contribution in [0.1, 0.15) is 0 Å². The summed E-state index contributed by atoms with van der Waals surface area (Å²) in [6.07, 6.45) is 7.30. The van der Waals surface area contributed by atoms with E-state index in [1.54, 1.807) is 12.5 Å². The zero-order valence-electron chi connectivity index (χ0n) is 7.30. The van der Waals surface area contributed by atoms with Gasteiger partial charge in [0.05, 0.1) is 26.0 Å². The lowest BCUT2D eigenvalue weighted by Gasteiger charge is -2.13. The largest absolute Gasteiger partial charge is 0.494 e. The lowest BCUT2D eigenvalue weighted by atomic mass is 10.4. The molecule has 1 atom stereocenters.